The van der Waals surface area contributed by atoms with Crippen molar-refractivity contribution in [3.05, 3.63) is 45.4 Å². The lowest BCUT2D eigenvalue weighted by Crippen LogP contribution is -2.57. The van der Waals surface area contributed by atoms with E-state index in [0.717, 1.165) is 56.4 Å². The van der Waals surface area contributed by atoms with Gasteiger partial charge in [-0.25, -0.2) is 9.97 Å². The van der Waals surface area contributed by atoms with E-state index in [4.69, 9.17) is 4.98 Å². The summed E-state index contributed by atoms with van der Waals surface area (Å²) in [4.78, 5) is 29.0. The highest BCUT2D eigenvalue weighted by atomic mass is 79.9. The van der Waals surface area contributed by atoms with Crippen LogP contribution in [0.1, 0.15) is 45.6 Å². The molecular weight excluding hydrogens is 470 g/mol. The van der Waals surface area contributed by atoms with Crippen LogP contribution in [0.4, 0.5) is 17.5 Å². The molecule has 2 N–H and O–H groups in total. The Morgan fingerprint density at radius 3 is 2.72 bits per heavy atom. The monoisotopic (exact) mass is 497 g/mol. The van der Waals surface area contributed by atoms with Gasteiger partial charge in [0.1, 0.15) is 11.5 Å². The predicted molar refractivity (Wildman–Crippen MR) is 131 cm³/mol. The number of nitrogens with one attached hydrogen (secondary N) is 2. The van der Waals surface area contributed by atoms with Gasteiger partial charge in [0.15, 0.2) is 0 Å². The Morgan fingerprint density at radius 1 is 1.19 bits per heavy atom. The van der Waals surface area contributed by atoms with Crippen molar-refractivity contribution in [2.75, 3.05) is 29.9 Å². The van der Waals surface area contributed by atoms with E-state index in [1.54, 1.807) is 12.3 Å². The highest BCUT2D eigenvalue weighted by Crippen LogP contribution is 2.31. The van der Waals surface area contributed by atoms with Gasteiger partial charge < -0.3 is 15.5 Å². The first-order chi connectivity index (χ1) is 15.4. The molecule has 0 aromatic carbocycles. The molecule has 168 valence electrons. The fraction of sp³-hybridized carbons (Fsp3) is 0.478. The van der Waals surface area contributed by atoms with Gasteiger partial charge in [0.25, 0.3) is 5.56 Å². The smallest absolute Gasteiger partial charge is 0.266 e. The van der Waals surface area contributed by atoms with Crippen molar-refractivity contribution in [3.63, 3.8) is 0 Å². The predicted octanol–water partition coefficient (Wildman–Crippen LogP) is 4.00. The second-order valence-electron chi connectivity index (χ2n) is 9.34. The van der Waals surface area contributed by atoms with Crippen molar-refractivity contribution >= 4 is 44.4 Å². The standard InChI is InChI=1S/C23H28BrN7O/c1-23(2)14-30(10-9-27-23)17-7-8-19(25-13-17)28-22-26-12-15-11-18(24)21(32)31(20(15)29-22)16-5-3-4-6-16/h7-8,11-13,16,27H,3-6,9-10,14H2,1-2H3,(H,25,26,28,29). The maximum Gasteiger partial charge on any atom is 0.266 e. The Kier molecular flexibility index (Phi) is 5.63. The summed E-state index contributed by atoms with van der Waals surface area (Å²) in [5.74, 6) is 1.11. The third-order valence-corrected chi connectivity index (χ3v) is 6.91. The largest absolute Gasteiger partial charge is 0.367 e. The number of anilines is 3. The highest BCUT2D eigenvalue weighted by molar-refractivity contribution is 9.10. The average Bonchev–Trinajstić information content (AvgIpc) is 3.29. The van der Waals surface area contributed by atoms with Gasteiger partial charge in [0, 0.05) is 42.8 Å². The minimum atomic E-state index is -0.0320. The van der Waals surface area contributed by atoms with Crippen molar-refractivity contribution < 1.29 is 0 Å². The molecule has 5 rings (SSSR count). The lowest BCUT2D eigenvalue weighted by molar-refractivity contribution is 0.353. The van der Waals surface area contributed by atoms with Gasteiger partial charge in [0.05, 0.1) is 16.4 Å². The molecule has 3 aromatic rings. The van der Waals surface area contributed by atoms with Gasteiger partial charge in [-0.05, 0) is 60.8 Å². The first kappa shape index (κ1) is 21.3. The van der Waals surface area contributed by atoms with E-state index < -0.39 is 0 Å². The summed E-state index contributed by atoms with van der Waals surface area (Å²) in [5.41, 5.74) is 1.82. The molecule has 1 saturated carbocycles. The molecule has 0 amide bonds. The number of halogens is 1. The van der Waals surface area contributed by atoms with E-state index in [1.165, 1.54) is 0 Å². The molecule has 9 heteroatoms. The number of rotatable bonds is 4. The van der Waals surface area contributed by atoms with Crippen LogP contribution in [0.5, 0.6) is 0 Å². The minimum absolute atomic E-state index is 0.0320. The molecule has 1 aliphatic heterocycles. The van der Waals surface area contributed by atoms with Crippen LogP contribution in [0.15, 0.2) is 39.9 Å². The molecule has 3 aromatic heterocycles. The third-order valence-electron chi connectivity index (χ3n) is 6.34. The zero-order chi connectivity index (χ0) is 22.3. The molecule has 4 heterocycles. The fourth-order valence-electron chi connectivity index (χ4n) is 4.77. The third kappa shape index (κ3) is 4.23. The van der Waals surface area contributed by atoms with E-state index in [1.807, 2.05) is 16.8 Å². The van der Waals surface area contributed by atoms with Crippen molar-refractivity contribution in [2.24, 2.45) is 0 Å². The topological polar surface area (TPSA) is 88.0 Å². The van der Waals surface area contributed by atoms with Crippen LogP contribution in [0.25, 0.3) is 11.0 Å². The number of hydrogen-bond donors (Lipinski definition) is 2. The number of aromatic nitrogens is 4. The van der Waals surface area contributed by atoms with E-state index in [-0.39, 0.29) is 17.1 Å². The molecule has 2 aliphatic rings. The number of fused-ring (bicyclic) bond motifs is 1. The van der Waals surface area contributed by atoms with Crippen molar-refractivity contribution in [1.29, 1.82) is 0 Å². The Hall–Kier alpha value is -2.52. The summed E-state index contributed by atoms with van der Waals surface area (Å²) < 4.78 is 2.39. The number of nitrogens with zero attached hydrogens (tertiary/aromatic N) is 5. The molecular formula is C23H28BrN7O. The van der Waals surface area contributed by atoms with E-state index >= 15 is 0 Å². The van der Waals surface area contributed by atoms with Crippen LogP contribution in [-0.4, -0.2) is 44.7 Å². The van der Waals surface area contributed by atoms with Gasteiger partial charge in [0.2, 0.25) is 5.95 Å². The Morgan fingerprint density at radius 2 is 2.00 bits per heavy atom. The molecule has 1 saturated heterocycles. The fourth-order valence-corrected chi connectivity index (χ4v) is 5.21. The Bertz CT molecular complexity index is 1190. The number of pyridine rings is 2. The van der Waals surface area contributed by atoms with Crippen molar-refractivity contribution in [2.45, 2.75) is 51.1 Å². The van der Waals surface area contributed by atoms with Gasteiger partial charge in [-0.1, -0.05) is 12.8 Å². The molecule has 0 radical (unpaired) electrons. The van der Waals surface area contributed by atoms with Gasteiger partial charge in [-0.3, -0.25) is 9.36 Å². The van der Waals surface area contributed by atoms with Crippen LogP contribution in [0.3, 0.4) is 0 Å². The summed E-state index contributed by atoms with van der Waals surface area (Å²) in [5, 5.41) is 7.58. The molecule has 0 bridgehead atoms. The van der Waals surface area contributed by atoms with Gasteiger partial charge in [-0.15, -0.1) is 0 Å². The SMILES string of the molecule is CC1(C)CN(c2ccc(Nc3ncc4cc(Br)c(=O)n(C5CCCC5)c4n3)nc2)CCN1. The first-order valence-electron chi connectivity index (χ1n) is 11.2. The Labute approximate surface area is 195 Å². The molecule has 32 heavy (non-hydrogen) atoms. The normalized spacial score (nSPS) is 18.9. The van der Waals surface area contributed by atoms with Crippen LogP contribution in [0.2, 0.25) is 0 Å². The zero-order valence-electron chi connectivity index (χ0n) is 18.4. The second-order valence-corrected chi connectivity index (χ2v) is 10.2. The summed E-state index contributed by atoms with van der Waals surface area (Å²) in [7, 11) is 0. The number of piperazine rings is 1. The molecule has 2 fully saturated rings. The lowest BCUT2D eigenvalue weighted by atomic mass is 10.0. The van der Waals surface area contributed by atoms with Gasteiger partial charge in [-0.2, -0.15) is 4.98 Å². The summed E-state index contributed by atoms with van der Waals surface area (Å²) in [6.07, 6.45) is 7.94. The molecule has 0 spiro atoms. The lowest BCUT2D eigenvalue weighted by Gasteiger charge is -2.40. The minimum Gasteiger partial charge on any atom is -0.367 e. The van der Waals surface area contributed by atoms with E-state index in [0.29, 0.717) is 21.9 Å². The summed E-state index contributed by atoms with van der Waals surface area (Å²) in [6.45, 7) is 7.27. The average molecular weight is 498 g/mol. The van der Waals surface area contributed by atoms with E-state index in [2.05, 4.69) is 61.3 Å². The van der Waals surface area contributed by atoms with Crippen LogP contribution in [-0.2, 0) is 0 Å². The van der Waals surface area contributed by atoms with Crippen LogP contribution < -0.4 is 21.1 Å². The summed E-state index contributed by atoms with van der Waals surface area (Å²) in [6, 6.07) is 6.01. The van der Waals surface area contributed by atoms with Crippen LogP contribution in [0, 0.1) is 0 Å². The van der Waals surface area contributed by atoms with Crippen LogP contribution >= 0.6 is 15.9 Å². The zero-order valence-corrected chi connectivity index (χ0v) is 20.0. The van der Waals surface area contributed by atoms with Crippen molar-refractivity contribution in [1.82, 2.24) is 24.8 Å². The second kappa shape index (κ2) is 8.44. The van der Waals surface area contributed by atoms with Gasteiger partial charge >= 0.3 is 0 Å². The molecule has 8 nitrogen and oxygen atoms in total. The Balaban J connectivity index is 1.41. The molecule has 0 atom stereocenters. The first-order valence-corrected chi connectivity index (χ1v) is 12.0. The molecule has 0 unspecified atom stereocenters. The van der Waals surface area contributed by atoms with Crippen molar-refractivity contribution in [3.8, 4) is 0 Å². The molecule has 1 aliphatic carbocycles. The summed E-state index contributed by atoms with van der Waals surface area (Å²) >= 11 is 3.41. The quantitative estimate of drug-likeness (QED) is 0.563. The number of hydrogen-bond acceptors (Lipinski definition) is 7. The maximum atomic E-state index is 12.9. The van der Waals surface area contributed by atoms with E-state index in [9.17, 15) is 4.79 Å². The highest BCUT2D eigenvalue weighted by Gasteiger charge is 2.26. The maximum absolute atomic E-state index is 12.9.